The number of carboxylic acid groups (broad SMARTS) is 1. The minimum Gasteiger partial charge on any atom is -0.480 e. The summed E-state index contributed by atoms with van der Waals surface area (Å²) in [6.07, 6.45) is 6.73. The first kappa shape index (κ1) is 16.5. The van der Waals surface area contributed by atoms with Crippen LogP contribution in [0.2, 0.25) is 0 Å². The zero-order chi connectivity index (χ0) is 16.4. The fraction of sp³-hybridized carbons (Fsp3) is 0.650. The summed E-state index contributed by atoms with van der Waals surface area (Å²) < 4.78 is 0. The van der Waals surface area contributed by atoms with Gasteiger partial charge < -0.3 is 5.11 Å². The molecule has 0 radical (unpaired) electrons. The summed E-state index contributed by atoms with van der Waals surface area (Å²) in [7, 11) is 0. The maximum absolute atomic E-state index is 11.6. The largest absolute Gasteiger partial charge is 0.480 e. The number of benzene rings is 1. The lowest BCUT2D eigenvalue weighted by molar-refractivity contribution is -0.142. The molecule has 1 saturated carbocycles. The first-order valence-electron chi connectivity index (χ1n) is 9.13. The standard InChI is InChI=1S/C20H29NO2/c1-14(2)16-9-7-15(8-10-16)11-12-21-18-6-4-3-5-17(18)13-19(21)20(22)23/h7-10,14,17-19H,3-6,11-13H2,1-2H3,(H,22,23). The Hall–Kier alpha value is -1.35. The molecule has 1 heterocycles. The Morgan fingerprint density at radius 3 is 2.57 bits per heavy atom. The Kier molecular flexibility index (Phi) is 5.05. The van der Waals surface area contributed by atoms with Gasteiger partial charge in [0.05, 0.1) is 0 Å². The van der Waals surface area contributed by atoms with Crippen molar-refractivity contribution >= 4 is 5.97 Å². The van der Waals surface area contributed by atoms with E-state index in [9.17, 15) is 9.90 Å². The second-order valence-corrected chi connectivity index (χ2v) is 7.59. The van der Waals surface area contributed by atoms with Crippen LogP contribution >= 0.6 is 0 Å². The molecule has 0 spiro atoms. The Bertz CT molecular complexity index is 537. The van der Waals surface area contributed by atoms with Gasteiger partial charge in [0.1, 0.15) is 6.04 Å². The van der Waals surface area contributed by atoms with Crippen LogP contribution in [0.15, 0.2) is 24.3 Å². The number of nitrogens with zero attached hydrogens (tertiary/aromatic N) is 1. The molecule has 3 unspecified atom stereocenters. The number of carboxylic acids is 1. The fourth-order valence-electron chi connectivity index (χ4n) is 4.44. The van der Waals surface area contributed by atoms with Gasteiger partial charge in [-0.1, -0.05) is 51.0 Å². The summed E-state index contributed by atoms with van der Waals surface area (Å²) in [6, 6.07) is 9.07. The van der Waals surface area contributed by atoms with E-state index in [0.717, 1.165) is 19.4 Å². The summed E-state index contributed by atoms with van der Waals surface area (Å²) >= 11 is 0. The van der Waals surface area contributed by atoms with Crippen molar-refractivity contribution in [2.24, 2.45) is 5.92 Å². The van der Waals surface area contributed by atoms with Gasteiger partial charge in [-0.2, -0.15) is 0 Å². The van der Waals surface area contributed by atoms with E-state index in [2.05, 4.69) is 43.0 Å². The van der Waals surface area contributed by atoms with Gasteiger partial charge in [0, 0.05) is 12.6 Å². The van der Waals surface area contributed by atoms with Gasteiger partial charge in [-0.25, -0.2) is 0 Å². The van der Waals surface area contributed by atoms with Gasteiger partial charge in [-0.05, 0) is 48.6 Å². The average Bonchev–Trinajstić information content (AvgIpc) is 2.92. The van der Waals surface area contributed by atoms with Gasteiger partial charge in [0.25, 0.3) is 0 Å². The predicted octanol–water partition coefficient (Wildman–Crippen LogP) is 4.07. The summed E-state index contributed by atoms with van der Waals surface area (Å²) in [5, 5.41) is 9.58. The molecule has 0 bridgehead atoms. The van der Waals surface area contributed by atoms with Gasteiger partial charge in [-0.3, -0.25) is 9.69 Å². The molecule has 3 rings (SSSR count). The first-order valence-corrected chi connectivity index (χ1v) is 9.13. The van der Waals surface area contributed by atoms with E-state index in [1.807, 2.05) is 0 Å². The van der Waals surface area contributed by atoms with Crippen LogP contribution in [0, 0.1) is 5.92 Å². The van der Waals surface area contributed by atoms with Crippen molar-refractivity contribution in [1.29, 1.82) is 0 Å². The van der Waals surface area contributed by atoms with Gasteiger partial charge >= 0.3 is 5.97 Å². The van der Waals surface area contributed by atoms with E-state index in [1.54, 1.807) is 0 Å². The molecule has 126 valence electrons. The van der Waals surface area contributed by atoms with Crippen molar-refractivity contribution in [1.82, 2.24) is 4.90 Å². The molecular formula is C20H29NO2. The Balaban J connectivity index is 1.66. The number of likely N-dealkylation sites (tertiary alicyclic amines) is 1. The third kappa shape index (κ3) is 3.60. The normalized spacial score (nSPS) is 28.0. The zero-order valence-electron chi connectivity index (χ0n) is 14.4. The Labute approximate surface area is 139 Å². The maximum Gasteiger partial charge on any atom is 0.320 e. The van der Waals surface area contributed by atoms with Crippen LogP contribution in [0.1, 0.15) is 63.0 Å². The van der Waals surface area contributed by atoms with Crippen molar-refractivity contribution in [3.05, 3.63) is 35.4 Å². The highest BCUT2D eigenvalue weighted by atomic mass is 16.4. The number of hydrogen-bond donors (Lipinski definition) is 1. The number of carbonyl (C=O) groups is 1. The summed E-state index contributed by atoms with van der Waals surface area (Å²) in [5.74, 6) is 0.532. The lowest BCUT2D eigenvalue weighted by Gasteiger charge is -2.33. The molecule has 1 N–H and O–H groups in total. The summed E-state index contributed by atoms with van der Waals surface area (Å²) in [5.41, 5.74) is 2.68. The quantitative estimate of drug-likeness (QED) is 0.890. The van der Waals surface area contributed by atoms with E-state index in [0.29, 0.717) is 17.9 Å². The molecule has 2 fully saturated rings. The molecule has 1 aliphatic heterocycles. The van der Waals surface area contributed by atoms with E-state index in [1.165, 1.54) is 36.8 Å². The van der Waals surface area contributed by atoms with Crippen molar-refractivity contribution in [2.45, 2.75) is 70.4 Å². The van der Waals surface area contributed by atoms with Crippen molar-refractivity contribution < 1.29 is 9.90 Å². The lowest BCUT2D eigenvalue weighted by atomic mass is 9.84. The maximum atomic E-state index is 11.6. The van der Waals surface area contributed by atoms with Crippen molar-refractivity contribution in [2.75, 3.05) is 6.54 Å². The second kappa shape index (κ2) is 7.04. The third-order valence-electron chi connectivity index (χ3n) is 5.81. The van der Waals surface area contributed by atoms with Crippen molar-refractivity contribution in [3.63, 3.8) is 0 Å². The molecular weight excluding hydrogens is 286 g/mol. The van der Waals surface area contributed by atoms with E-state index < -0.39 is 5.97 Å². The molecule has 3 nitrogen and oxygen atoms in total. The molecule has 0 aromatic heterocycles. The van der Waals surface area contributed by atoms with Crippen LogP contribution in [0.3, 0.4) is 0 Å². The van der Waals surface area contributed by atoms with Crippen LogP contribution < -0.4 is 0 Å². The van der Waals surface area contributed by atoms with Crippen LogP contribution in [-0.4, -0.2) is 34.6 Å². The molecule has 3 heteroatoms. The lowest BCUT2D eigenvalue weighted by Crippen LogP contribution is -2.43. The van der Waals surface area contributed by atoms with Gasteiger partial charge in [0.15, 0.2) is 0 Å². The average molecular weight is 315 g/mol. The first-order chi connectivity index (χ1) is 11.1. The molecule has 1 saturated heterocycles. The highest BCUT2D eigenvalue weighted by Gasteiger charge is 2.44. The molecule has 1 aliphatic carbocycles. The minimum absolute atomic E-state index is 0.266. The molecule has 0 amide bonds. The monoisotopic (exact) mass is 315 g/mol. The molecule has 1 aromatic carbocycles. The molecule has 2 aliphatic rings. The molecule has 1 aromatic rings. The van der Waals surface area contributed by atoms with E-state index in [4.69, 9.17) is 0 Å². The number of aliphatic carboxylic acids is 1. The predicted molar refractivity (Wildman–Crippen MR) is 92.7 cm³/mol. The Morgan fingerprint density at radius 1 is 1.22 bits per heavy atom. The minimum atomic E-state index is -0.630. The van der Waals surface area contributed by atoms with Gasteiger partial charge in [0.2, 0.25) is 0 Å². The number of fused-ring (bicyclic) bond motifs is 1. The number of hydrogen-bond acceptors (Lipinski definition) is 2. The van der Waals surface area contributed by atoms with Crippen LogP contribution in [0.25, 0.3) is 0 Å². The molecule has 23 heavy (non-hydrogen) atoms. The van der Waals surface area contributed by atoms with Gasteiger partial charge in [-0.15, -0.1) is 0 Å². The van der Waals surface area contributed by atoms with Crippen LogP contribution in [0.4, 0.5) is 0 Å². The van der Waals surface area contributed by atoms with E-state index >= 15 is 0 Å². The Morgan fingerprint density at radius 2 is 1.91 bits per heavy atom. The zero-order valence-corrected chi connectivity index (χ0v) is 14.4. The smallest absolute Gasteiger partial charge is 0.320 e. The van der Waals surface area contributed by atoms with Crippen LogP contribution in [0.5, 0.6) is 0 Å². The second-order valence-electron chi connectivity index (χ2n) is 7.59. The highest BCUT2D eigenvalue weighted by Crippen LogP contribution is 2.39. The SMILES string of the molecule is CC(C)c1ccc(CCN2C(C(=O)O)CC3CCCCC32)cc1. The number of rotatable bonds is 5. The summed E-state index contributed by atoms with van der Waals surface area (Å²) in [6.45, 7) is 5.29. The highest BCUT2D eigenvalue weighted by molar-refractivity contribution is 5.74. The fourth-order valence-corrected chi connectivity index (χ4v) is 4.44. The third-order valence-corrected chi connectivity index (χ3v) is 5.81. The summed E-state index contributed by atoms with van der Waals surface area (Å²) in [4.78, 5) is 13.9. The van der Waals surface area contributed by atoms with E-state index in [-0.39, 0.29) is 6.04 Å². The van der Waals surface area contributed by atoms with Crippen LogP contribution in [-0.2, 0) is 11.2 Å². The van der Waals surface area contributed by atoms with Crippen molar-refractivity contribution in [3.8, 4) is 0 Å². The topological polar surface area (TPSA) is 40.5 Å². The molecule has 3 atom stereocenters.